The quantitative estimate of drug-likeness (QED) is 0.848. The number of carbonyl (C=O) groups is 1. The lowest BCUT2D eigenvalue weighted by Crippen LogP contribution is -2.35. The largest absolute Gasteiger partial charge is 0.496 e. The summed E-state index contributed by atoms with van der Waals surface area (Å²) in [6.07, 6.45) is -0.484. The van der Waals surface area contributed by atoms with Crippen molar-refractivity contribution in [3.63, 3.8) is 0 Å². The summed E-state index contributed by atoms with van der Waals surface area (Å²) < 4.78 is 16.4. The first kappa shape index (κ1) is 19.6. The fourth-order valence-corrected chi connectivity index (χ4v) is 2.73. The number of methoxy groups -OCH3 is 2. The Labute approximate surface area is 155 Å². The van der Waals surface area contributed by atoms with Crippen LogP contribution in [0, 0.1) is 6.92 Å². The number of benzene rings is 2. The number of hydrogen-bond acceptors (Lipinski definition) is 4. The Hall–Kier alpha value is -2.69. The van der Waals surface area contributed by atoms with Crippen LogP contribution in [0.2, 0.25) is 0 Å². The molecular formula is C21H27NO4. The van der Waals surface area contributed by atoms with Crippen LogP contribution in [0.15, 0.2) is 42.5 Å². The van der Waals surface area contributed by atoms with Crippen molar-refractivity contribution in [1.82, 2.24) is 5.32 Å². The van der Waals surface area contributed by atoms with E-state index < -0.39 is 17.7 Å². The zero-order valence-electron chi connectivity index (χ0n) is 16.3. The molecule has 0 saturated carbocycles. The lowest BCUT2D eigenvalue weighted by atomic mass is 9.96. The maximum atomic E-state index is 12.4. The predicted molar refractivity (Wildman–Crippen MR) is 102 cm³/mol. The van der Waals surface area contributed by atoms with E-state index in [0.717, 1.165) is 22.4 Å². The van der Waals surface area contributed by atoms with Gasteiger partial charge in [-0.25, -0.2) is 4.79 Å². The van der Waals surface area contributed by atoms with E-state index in [-0.39, 0.29) is 0 Å². The second kappa shape index (κ2) is 8.13. The second-order valence-corrected chi connectivity index (χ2v) is 7.05. The van der Waals surface area contributed by atoms with Gasteiger partial charge in [0.05, 0.1) is 20.3 Å². The number of amides is 1. The standard InChI is InChI=1S/C21H27NO4/c1-14-12-16(18(25-6)13-17(14)24-5)19(15-10-8-7-9-11-15)22-20(23)26-21(2,3)4/h7-13,19H,1-6H3,(H,22,23). The molecule has 0 bridgehead atoms. The Bertz CT molecular complexity index is 751. The second-order valence-electron chi connectivity index (χ2n) is 7.05. The van der Waals surface area contributed by atoms with Gasteiger partial charge in [0.1, 0.15) is 17.1 Å². The SMILES string of the molecule is COc1cc(OC)c(C(NC(=O)OC(C)(C)C)c2ccccc2)cc1C. The molecule has 0 radical (unpaired) electrons. The maximum absolute atomic E-state index is 12.4. The van der Waals surface area contributed by atoms with Crippen LogP contribution in [0.4, 0.5) is 4.79 Å². The highest BCUT2D eigenvalue weighted by Gasteiger charge is 2.25. The highest BCUT2D eigenvalue weighted by molar-refractivity contribution is 5.70. The summed E-state index contributed by atoms with van der Waals surface area (Å²) in [7, 11) is 3.22. The first-order valence-electron chi connectivity index (χ1n) is 8.52. The smallest absolute Gasteiger partial charge is 0.408 e. The zero-order valence-corrected chi connectivity index (χ0v) is 16.3. The van der Waals surface area contributed by atoms with Crippen molar-refractivity contribution in [1.29, 1.82) is 0 Å². The van der Waals surface area contributed by atoms with Crippen molar-refractivity contribution in [3.8, 4) is 11.5 Å². The summed E-state index contributed by atoms with van der Waals surface area (Å²) in [5, 5.41) is 2.96. The summed E-state index contributed by atoms with van der Waals surface area (Å²) in [4.78, 5) is 12.4. The van der Waals surface area contributed by atoms with E-state index in [1.807, 2.05) is 70.2 Å². The molecule has 2 aromatic rings. The molecule has 1 amide bonds. The van der Waals surface area contributed by atoms with Crippen molar-refractivity contribution in [2.24, 2.45) is 0 Å². The fourth-order valence-electron chi connectivity index (χ4n) is 2.73. The summed E-state index contributed by atoms with van der Waals surface area (Å²) >= 11 is 0. The molecule has 2 rings (SSSR count). The third-order valence-corrected chi connectivity index (χ3v) is 3.85. The summed E-state index contributed by atoms with van der Waals surface area (Å²) in [6.45, 7) is 7.46. The van der Waals surface area contributed by atoms with Crippen molar-refractivity contribution in [2.45, 2.75) is 39.3 Å². The molecule has 0 fully saturated rings. The molecule has 0 aliphatic heterocycles. The number of alkyl carbamates (subject to hydrolysis) is 1. The molecule has 2 aromatic carbocycles. The molecule has 1 unspecified atom stereocenters. The van der Waals surface area contributed by atoms with Crippen molar-refractivity contribution in [3.05, 3.63) is 59.2 Å². The molecule has 5 nitrogen and oxygen atoms in total. The number of aryl methyl sites for hydroxylation is 1. The molecule has 1 N–H and O–H groups in total. The summed E-state index contributed by atoms with van der Waals surface area (Å²) in [6, 6.07) is 13.1. The molecule has 140 valence electrons. The molecule has 0 heterocycles. The van der Waals surface area contributed by atoms with Gasteiger partial charge in [-0.2, -0.15) is 0 Å². The highest BCUT2D eigenvalue weighted by atomic mass is 16.6. The molecule has 0 aromatic heterocycles. The van der Waals surface area contributed by atoms with Gasteiger partial charge < -0.3 is 19.5 Å². The first-order valence-corrected chi connectivity index (χ1v) is 8.52. The van der Waals surface area contributed by atoms with Crippen LogP contribution in [0.3, 0.4) is 0 Å². The van der Waals surface area contributed by atoms with Gasteiger partial charge >= 0.3 is 6.09 Å². The van der Waals surface area contributed by atoms with Crippen LogP contribution in [0.25, 0.3) is 0 Å². The highest BCUT2D eigenvalue weighted by Crippen LogP contribution is 2.35. The normalized spacial score (nSPS) is 12.2. The molecule has 0 saturated heterocycles. The van der Waals surface area contributed by atoms with Crippen molar-refractivity contribution >= 4 is 6.09 Å². The van der Waals surface area contributed by atoms with Crippen LogP contribution in [-0.4, -0.2) is 25.9 Å². The third-order valence-electron chi connectivity index (χ3n) is 3.85. The number of nitrogens with one attached hydrogen (secondary N) is 1. The zero-order chi connectivity index (χ0) is 19.3. The van der Waals surface area contributed by atoms with Crippen LogP contribution in [0.5, 0.6) is 11.5 Å². The minimum absolute atomic E-state index is 0.411. The number of hydrogen-bond donors (Lipinski definition) is 1. The molecular weight excluding hydrogens is 330 g/mol. The Morgan fingerprint density at radius 3 is 2.15 bits per heavy atom. The lowest BCUT2D eigenvalue weighted by Gasteiger charge is -2.26. The predicted octanol–water partition coefficient (Wildman–Crippen LogP) is 4.63. The van der Waals surface area contributed by atoms with Gasteiger partial charge in [0.15, 0.2) is 0 Å². The van der Waals surface area contributed by atoms with Crippen LogP contribution < -0.4 is 14.8 Å². The van der Waals surface area contributed by atoms with E-state index in [1.165, 1.54) is 0 Å². The molecule has 0 aliphatic carbocycles. The maximum Gasteiger partial charge on any atom is 0.408 e. The van der Waals surface area contributed by atoms with E-state index >= 15 is 0 Å². The van der Waals surface area contributed by atoms with Crippen LogP contribution >= 0.6 is 0 Å². The third kappa shape index (κ3) is 4.91. The van der Waals surface area contributed by atoms with Crippen LogP contribution in [0.1, 0.15) is 43.5 Å². The topological polar surface area (TPSA) is 56.8 Å². The van der Waals surface area contributed by atoms with Crippen molar-refractivity contribution in [2.75, 3.05) is 14.2 Å². The van der Waals surface area contributed by atoms with Gasteiger partial charge in [-0.15, -0.1) is 0 Å². The molecule has 1 atom stereocenters. The Morgan fingerprint density at radius 2 is 1.62 bits per heavy atom. The van der Waals surface area contributed by atoms with Crippen molar-refractivity contribution < 1.29 is 19.0 Å². The Morgan fingerprint density at radius 1 is 1.00 bits per heavy atom. The summed E-state index contributed by atoms with van der Waals surface area (Å²) in [5.41, 5.74) is 2.14. The Kier molecular flexibility index (Phi) is 6.14. The molecule has 0 aliphatic rings. The van der Waals surface area contributed by atoms with E-state index in [9.17, 15) is 4.79 Å². The minimum Gasteiger partial charge on any atom is -0.496 e. The molecule has 5 heteroatoms. The van der Waals surface area contributed by atoms with E-state index in [1.54, 1.807) is 14.2 Å². The van der Waals surface area contributed by atoms with Crippen LogP contribution in [-0.2, 0) is 4.74 Å². The fraction of sp³-hybridized carbons (Fsp3) is 0.381. The Balaban J connectivity index is 2.48. The van der Waals surface area contributed by atoms with Gasteiger partial charge in [-0.3, -0.25) is 0 Å². The lowest BCUT2D eigenvalue weighted by molar-refractivity contribution is 0.0512. The minimum atomic E-state index is -0.578. The monoisotopic (exact) mass is 357 g/mol. The van der Waals surface area contributed by atoms with Gasteiger partial charge in [-0.1, -0.05) is 30.3 Å². The first-order chi connectivity index (χ1) is 12.2. The van der Waals surface area contributed by atoms with Gasteiger partial charge in [0.25, 0.3) is 0 Å². The molecule has 26 heavy (non-hydrogen) atoms. The van der Waals surface area contributed by atoms with Gasteiger partial charge in [-0.05, 0) is 44.9 Å². The average Bonchev–Trinajstić information content (AvgIpc) is 2.58. The average molecular weight is 357 g/mol. The number of carbonyl (C=O) groups excluding carboxylic acids is 1. The van der Waals surface area contributed by atoms with E-state index in [0.29, 0.717) is 5.75 Å². The molecule has 0 spiro atoms. The summed E-state index contributed by atoms with van der Waals surface area (Å²) in [5.74, 6) is 1.37. The number of rotatable bonds is 5. The number of ether oxygens (including phenoxy) is 3. The van der Waals surface area contributed by atoms with Gasteiger partial charge in [0.2, 0.25) is 0 Å². The van der Waals surface area contributed by atoms with E-state index in [2.05, 4.69) is 5.32 Å². The van der Waals surface area contributed by atoms with Gasteiger partial charge in [0, 0.05) is 11.6 Å². The van der Waals surface area contributed by atoms with E-state index in [4.69, 9.17) is 14.2 Å².